The molecule has 1 aromatic carbocycles. The molecule has 0 aliphatic rings. The Morgan fingerprint density at radius 2 is 2.00 bits per heavy atom. The summed E-state index contributed by atoms with van der Waals surface area (Å²) in [6.45, 7) is 0. The highest BCUT2D eigenvalue weighted by Crippen LogP contribution is 2.23. The zero-order valence-electron chi connectivity index (χ0n) is 9.08. The molecule has 0 radical (unpaired) electrons. The fourth-order valence-electron chi connectivity index (χ4n) is 0.992. The number of nitrogens with zero attached hydrogens (tertiary/aromatic N) is 1. The van der Waals surface area contributed by atoms with Crippen molar-refractivity contribution in [3.05, 3.63) is 29.3 Å². The van der Waals surface area contributed by atoms with E-state index in [-0.39, 0.29) is 14.4 Å². The van der Waals surface area contributed by atoms with Crippen LogP contribution < -0.4 is 0 Å². The molecule has 0 fully saturated rings. The van der Waals surface area contributed by atoms with Crippen molar-refractivity contribution in [3.63, 3.8) is 0 Å². The Bertz CT molecular complexity index is 569. The third-order valence-electron chi connectivity index (χ3n) is 1.73. The van der Waals surface area contributed by atoms with E-state index in [0.717, 1.165) is 11.8 Å². The normalized spacial score (nSPS) is 13.6. The van der Waals surface area contributed by atoms with Crippen molar-refractivity contribution in [3.8, 4) is 0 Å². The standard InChI is InChI=1S/C9H10ClNO3S3/c1-15-9(12)16(2)11-17(13,14)8-6-4-3-5-7(8)10/h3-6H,1-2H3. The second-order valence-corrected chi connectivity index (χ2v) is 7.67. The Hall–Kier alpha value is -0.370. The Morgan fingerprint density at radius 3 is 2.53 bits per heavy atom. The molecule has 0 aliphatic heterocycles. The first-order valence-corrected chi connectivity index (χ1v) is 8.98. The van der Waals surface area contributed by atoms with Crippen LogP contribution in [0.5, 0.6) is 0 Å². The molecule has 0 aromatic heterocycles. The number of sulfonamides is 1. The van der Waals surface area contributed by atoms with Crippen LogP contribution in [0.4, 0.5) is 4.79 Å². The summed E-state index contributed by atoms with van der Waals surface area (Å²) in [5, 5.41) is 0.102. The summed E-state index contributed by atoms with van der Waals surface area (Å²) in [5.74, 6) is 0. The van der Waals surface area contributed by atoms with Crippen LogP contribution >= 0.6 is 23.4 Å². The molecular weight excluding hydrogens is 302 g/mol. The van der Waals surface area contributed by atoms with Gasteiger partial charge in [-0.1, -0.05) is 35.5 Å². The first kappa shape index (κ1) is 14.7. The van der Waals surface area contributed by atoms with Gasteiger partial charge in [-0.3, -0.25) is 4.79 Å². The van der Waals surface area contributed by atoms with Crippen LogP contribution in [0, 0.1) is 0 Å². The molecular formula is C9H10ClNO3S3. The van der Waals surface area contributed by atoms with E-state index in [2.05, 4.69) is 3.77 Å². The smallest absolute Gasteiger partial charge is 0.273 e. The molecule has 1 atom stereocenters. The Kier molecular flexibility index (Phi) is 5.18. The van der Waals surface area contributed by atoms with E-state index in [9.17, 15) is 13.2 Å². The van der Waals surface area contributed by atoms with E-state index in [4.69, 9.17) is 11.6 Å². The van der Waals surface area contributed by atoms with E-state index >= 15 is 0 Å². The van der Waals surface area contributed by atoms with Gasteiger partial charge < -0.3 is 0 Å². The van der Waals surface area contributed by atoms with Crippen molar-refractivity contribution in [1.82, 2.24) is 0 Å². The van der Waals surface area contributed by atoms with Crippen molar-refractivity contribution >= 4 is 48.5 Å². The van der Waals surface area contributed by atoms with Crippen LogP contribution in [-0.4, -0.2) is 25.4 Å². The minimum atomic E-state index is -3.87. The molecule has 0 saturated carbocycles. The molecule has 4 nitrogen and oxygen atoms in total. The van der Waals surface area contributed by atoms with Crippen molar-refractivity contribution in [2.24, 2.45) is 3.77 Å². The third kappa shape index (κ3) is 3.80. The van der Waals surface area contributed by atoms with E-state index < -0.39 is 20.7 Å². The molecule has 0 amide bonds. The molecule has 0 aliphatic carbocycles. The predicted octanol–water partition coefficient (Wildman–Crippen LogP) is 2.94. The number of thioether (sulfide) groups is 1. The van der Waals surface area contributed by atoms with Gasteiger partial charge >= 0.3 is 0 Å². The fraction of sp³-hybridized carbons (Fsp3) is 0.222. The first-order chi connectivity index (χ1) is 7.88. The number of halogens is 1. The fourth-order valence-corrected chi connectivity index (χ4v) is 4.97. The zero-order chi connectivity index (χ0) is 13.1. The van der Waals surface area contributed by atoms with Gasteiger partial charge in [0.05, 0.1) is 5.02 Å². The number of carbonyl (C=O) groups excluding carboxylic acids is 1. The molecule has 1 aromatic rings. The molecule has 94 valence electrons. The molecule has 0 heterocycles. The van der Waals surface area contributed by atoms with Crippen molar-refractivity contribution < 1.29 is 13.2 Å². The van der Waals surface area contributed by atoms with Crippen LogP contribution in [-0.2, 0) is 20.7 Å². The number of hydrogen-bond donors (Lipinski definition) is 0. The van der Waals surface area contributed by atoms with E-state index in [0.29, 0.717) is 0 Å². The van der Waals surface area contributed by atoms with Crippen LogP contribution in [0.25, 0.3) is 0 Å². The largest absolute Gasteiger partial charge is 0.289 e. The average molecular weight is 312 g/mol. The zero-order valence-corrected chi connectivity index (χ0v) is 12.3. The molecule has 17 heavy (non-hydrogen) atoms. The lowest BCUT2D eigenvalue weighted by molar-refractivity contribution is 0.276. The van der Waals surface area contributed by atoms with Gasteiger partial charge in [0.1, 0.15) is 4.90 Å². The Balaban J connectivity index is 3.23. The number of carbonyl (C=O) groups is 1. The van der Waals surface area contributed by atoms with Crippen LogP contribution in [0.15, 0.2) is 32.9 Å². The maximum atomic E-state index is 11.9. The monoisotopic (exact) mass is 311 g/mol. The van der Waals surface area contributed by atoms with Gasteiger partial charge in [-0.15, -0.1) is 3.77 Å². The minimum absolute atomic E-state index is 0.0741. The predicted molar refractivity (Wildman–Crippen MR) is 73.3 cm³/mol. The second-order valence-electron chi connectivity index (χ2n) is 2.91. The lowest BCUT2D eigenvalue weighted by atomic mass is 10.4. The molecule has 1 rings (SSSR count). The highest BCUT2D eigenvalue weighted by atomic mass is 35.5. The van der Waals surface area contributed by atoms with Gasteiger partial charge in [0.25, 0.3) is 14.5 Å². The maximum absolute atomic E-state index is 11.9. The van der Waals surface area contributed by atoms with Crippen LogP contribution in [0.2, 0.25) is 5.02 Å². The molecule has 0 spiro atoms. The number of rotatable bonds is 2. The SMILES string of the molecule is CSC(=O)S(C)=NS(=O)(=O)c1ccccc1Cl. The summed E-state index contributed by atoms with van der Waals surface area (Å²) in [5.41, 5.74) is 0. The Labute approximate surface area is 112 Å². The topological polar surface area (TPSA) is 63.6 Å². The Morgan fingerprint density at radius 1 is 1.41 bits per heavy atom. The van der Waals surface area contributed by atoms with Gasteiger partial charge in [0.2, 0.25) is 0 Å². The maximum Gasteiger partial charge on any atom is 0.289 e. The summed E-state index contributed by atoms with van der Waals surface area (Å²) in [6, 6.07) is 6.01. The average Bonchev–Trinajstić information content (AvgIpc) is 2.27. The number of benzene rings is 1. The minimum Gasteiger partial charge on any atom is -0.273 e. The van der Waals surface area contributed by atoms with Gasteiger partial charge in [-0.05, 0) is 29.1 Å². The van der Waals surface area contributed by atoms with Gasteiger partial charge in [0, 0.05) is 6.26 Å². The van der Waals surface area contributed by atoms with Gasteiger partial charge in [0.15, 0.2) is 0 Å². The highest BCUT2D eigenvalue weighted by Gasteiger charge is 2.18. The second kappa shape index (κ2) is 5.99. The lowest BCUT2D eigenvalue weighted by Crippen LogP contribution is -2.04. The van der Waals surface area contributed by atoms with E-state index in [1.807, 2.05) is 0 Å². The summed E-state index contributed by atoms with van der Waals surface area (Å²) < 4.78 is 27.0. The van der Waals surface area contributed by atoms with Crippen LogP contribution in [0.1, 0.15) is 0 Å². The molecule has 1 unspecified atom stereocenters. The molecule has 0 bridgehead atoms. The van der Waals surface area contributed by atoms with Crippen molar-refractivity contribution in [1.29, 1.82) is 0 Å². The molecule has 8 heteroatoms. The summed E-state index contributed by atoms with van der Waals surface area (Å²) in [4.78, 5) is 11.2. The molecule has 0 N–H and O–H groups in total. The summed E-state index contributed by atoms with van der Waals surface area (Å²) >= 11 is 6.73. The third-order valence-corrected chi connectivity index (χ3v) is 6.80. The quantitative estimate of drug-likeness (QED) is 0.842. The van der Waals surface area contributed by atoms with Gasteiger partial charge in [-0.2, -0.15) is 8.42 Å². The van der Waals surface area contributed by atoms with E-state index in [1.165, 1.54) is 18.4 Å². The van der Waals surface area contributed by atoms with Gasteiger partial charge in [-0.25, -0.2) is 0 Å². The van der Waals surface area contributed by atoms with Crippen LogP contribution in [0.3, 0.4) is 0 Å². The number of hydrogen-bond acceptors (Lipinski definition) is 4. The first-order valence-electron chi connectivity index (χ1n) is 4.35. The molecule has 0 saturated heterocycles. The van der Waals surface area contributed by atoms with Crippen molar-refractivity contribution in [2.75, 3.05) is 12.5 Å². The lowest BCUT2D eigenvalue weighted by Gasteiger charge is -2.02. The summed E-state index contributed by atoms with van der Waals surface area (Å²) in [6.07, 6.45) is 3.05. The highest BCUT2D eigenvalue weighted by molar-refractivity contribution is 8.34. The summed E-state index contributed by atoms with van der Waals surface area (Å²) in [7, 11) is -5.06. The van der Waals surface area contributed by atoms with Crippen molar-refractivity contribution in [2.45, 2.75) is 4.90 Å². The van der Waals surface area contributed by atoms with E-state index in [1.54, 1.807) is 18.4 Å².